The lowest BCUT2D eigenvalue weighted by molar-refractivity contribution is 0.233. The summed E-state index contributed by atoms with van der Waals surface area (Å²) < 4.78 is 14.0. The van der Waals surface area contributed by atoms with E-state index in [-0.39, 0.29) is 17.9 Å². The van der Waals surface area contributed by atoms with Crippen molar-refractivity contribution in [3.63, 3.8) is 0 Å². The summed E-state index contributed by atoms with van der Waals surface area (Å²) >= 11 is 0. The van der Waals surface area contributed by atoms with Gasteiger partial charge in [-0.25, -0.2) is 9.18 Å². The first-order chi connectivity index (χ1) is 10.5. The predicted molar refractivity (Wildman–Crippen MR) is 87.7 cm³/mol. The second-order valence-corrected chi connectivity index (χ2v) is 6.49. The first kappa shape index (κ1) is 16.6. The number of hydrogen-bond donors (Lipinski definition) is 2. The second-order valence-electron chi connectivity index (χ2n) is 6.49. The Labute approximate surface area is 132 Å². The average molecular weight is 307 g/mol. The molecular weight excluding hydrogens is 281 g/mol. The molecule has 22 heavy (non-hydrogen) atoms. The molecule has 1 unspecified atom stereocenters. The molecule has 0 aliphatic carbocycles. The summed E-state index contributed by atoms with van der Waals surface area (Å²) in [5.41, 5.74) is 1.68. The zero-order chi connectivity index (χ0) is 16.1. The van der Waals surface area contributed by atoms with Gasteiger partial charge in [0.25, 0.3) is 0 Å². The van der Waals surface area contributed by atoms with Crippen LogP contribution in [-0.4, -0.2) is 31.7 Å². The number of rotatable bonds is 4. The highest BCUT2D eigenvalue weighted by Gasteiger charge is 2.23. The normalized spacial score (nSPS) is 18.4. The summed E-state index contributed by atoms with van der Waals surface area (Å²) in [5, 5.41) is 5.86. The topological polar surface area (TPSA) is 44.4 Å². The number of piperidine rings is 1. The zero-order valence-electron chi connectivity index (χ0n) is 13.7. The first-order valence-corrected chi connectivity index (χ1v) is 8.01. The molecule has 0 spiro atoms. The lowest BCUT2D eigenvalue weighted by atomic mass is 10.0. The smallest absolute Gasteiger partial charge is 0.315 e. The molecule has 0 saturated carbocycles. The number of anilines is 1. The third-order valence-electron chi connectivity index (χ3n) is 3.87. The fourth-order valence-corrected chi connectivity index (χ4v) is 2.71. The Hall–Kier alpha value is -1.78. The summed E-state index contributed by atoms with van der Waals surface area (Å²) in [4.78, 5) is 13.9. The molecule has 2 amide bonds. The van der Waals surface area contributed by atoms with Crippen molar-refractivity contribution in [2.75, 3.05) is 24.5 Å². The summed E-state index contributed by atoms with van der Waals surface area (Å²) in [6.45, 7) is 8.21. The van der Waals surface area contributed by atoms with Crippen LogP contribution in [0.25, 0.3) is 0 Å². The van der Waals surface area contributed by atoms with Gasteiger partial charge in [0, 0.05) is 25.7 Å². The van der Waals surface area contributed by atoms with Gasteiger partial charge in [-0.15, -0.1) is 0 Å². The van der Waals surface area contributed by atoms with Crippen molar-refractivity contribution in [2.24, 2.45) is 5.92 Å². The lowest BCUT2D eigenvalue weighted by Gasteiger charge is -2.35. The maximum Gasteiger partial charge on any atom is 0.315 e. The minimum absolute atomic E-state index is 0.0563. The third kappa shape index (κ3) is 4.61. The van der Waals surface area contributed by atoms with E-state index >= 15 is 0 Å². The van der Waals surface area contributed by atoms with Crippen LogP contribution in [0.4, 0.5) is 14.9 Å². The minimum atomic E-state index is -0.199. The van der Waals surface area contributed by atoms with E-state index in [1.807, 2.05) is 17.9 Å². The number of halogens is 1. The van der Waals surface area contributed by atoms with Crippen LogP contribution in [0.1, 0.15) is 32.3 Å². The maximum atomic E-state index is 14.0. The fourth-order valence-electron chi connectivity index (χ4n) is 2.71. The third-order valence-corrected chi connectivity index (χ3v) is 3.87. The Balaban J connectivity index is 1.94. The highest BCUT2D eigenvalue weighted by Crippen LogP contribution is 2.24. The number of carbonyl (C=O) groups excluding carboxylic acids is 1. The maximum absolute atomic E-state index is 14.0. The van der Waals surface area contributed by atoms with Gasteiger partial charge in [-0.2, -0.15) is 0 Å². The summed E-state index contributed by atoms with van der Waals surface area (Å²) in [7, 11) is 0. The molecule has 0 aromatic heterocycles. The molecule has 0 radical (unpaired) electrons. The number of urea groups is 1. The number of nitrogens with zero attached hydrogens (tertiary/aromatic N) is 1. The molecule has 1 heterocycles. The van der Waals surface area contributed by atoms with Crippen LogP contribution in [0, 0.1) is 18.7 Å². The molecule has 1 aliphatic rings. The predicted octanol–water partition coefficient (Wildman–Crippen LogP) is 3.06. The molecule has 1 aromatic carbocycles. The number of benzene rings is 1. The molecule has 0 bridgehead atoms. The molecule has 2 N–H and O–H groups in total. The first-order valence-electron chi connectivity index (χ1n) is 8.01. The van der Waals surface area contributed by atoms with Gasteiger partial charge in [0.15, 0.2) is 0 Å². The van der Waals surface area contributed by atoms with Crippen molar-refractivity contribution in [1.29, 1.82) is 0 Å². The monoisotopic (exact) mass is 307 g/mol. The van der Waals surface area contributed by atoms with Gasteiger partial charge in [0.05, 0.1) is 5.69 Å². The van der Waals surface area contributed by atoms with Crippen LogP contribution in [0.15, 0.2) is 18.2 Å². The number of nitrogens with one attached hydrogen (secondary N) is 2. The molecule has 1 fully saturated rings. The lowest BCUT2D eigenvalue weighted by Crippen LogP contribution is -2.51. The van der Waals surface area contributed by atoms with Crippen molar-refractivity contribution in [2.45, 2.75) is 39.7 Å². The fraction of sp³-hybridized carbons (Fsp3) is 0.588. The average Bonchev–Trinajstić information content (AvgIpc) is 2.48. The zero-order valence-corrected chi connectivity index (χ0v) is 13.7. The largest absolute Gasteiger partial charge is 0.367 e. The van der Waals surface area contributed by atoms with Crippen LogP contribution < -0.4 is 15.5 Å². The second kappa shape index (κ2) is 7.47. The van der Waals surface area contributed by atoms with E-state index in [2.05, 4.69) is 24.5 Å². The van der Waals surface area contributed by atoms with Crippen LogP contribution in [-0.2, 0) is 0 Å². The van der Waals surface area contributed by atoms with Crippen molar-refractivity contribution in [3.8, 4) is 0 Å². The Morgan fingerprint density at radius 3 is 2.95 bits per heavy atom. The van der Waals surface area contributed by atoms with E-state index in [1.54, 1.807) is 6.07 Å². The van der Waals surface area contributed by atoms with Crippen molar-refractivity contribution in [1.82, 2.24) is 10.6 Å². The summed E-state index contributed by atoms with van der Waals surface area (Å²) in [6, 6.07) is 5.08. The van der Waals surface area contributed by atoms with Gasteiger partial charge in [-0.05, 0) is 43.4 Å². The van der Waals surface area contributed by atoms with Gasteiger partial charge in [0.1, 0.15) is 5.82 Å². The number of amides is 2. The molecule has 1 aromatic rings. The van der Waals surface area contributed by atoms with Crippen molar-refractivity contribution >= 4 is 11.7 Å². The molecule has 1 aliphatic heterocycles. The van der Waals surface area contributed by atoms with Crippen molar-refractivity contribution in [3.05, 3.63) is 29.6 Å². The van der Waals surface area contributed by atoms with Gasteiger partial charge in [0.2, 0.25) is 0 Å². The van der Waals surface area contributed by atoms with Crippen LogP contribution >= 0.6 is 0 Å². The van der Waals surface area contributed by atoms with Gasteiger partial charge in [-0.1, -0.05) is 19.9 Å². The van der Waals surface area contributed by atoms with E-state index in [0.29, 0.717) is 24.7 Å². The van der Waals surface area contributed by atoms with Crippen LogP contribution in [0.3, 0.4) is 0 Å². The number of aryl methyl sites for hydroxylation is 1. The molecule has 122 valence electrons. The Bertz CT molecular complexity index is 519. The van der Waals surface area contributed by atoms with E-state index < -0.39 is 0 Å². The van der Waals surface area contributed by atoms with Gasteiger partial charge in [-0.3, -0.25) is 0 Å². The van der Waals surface area contributed by atoms with E-state index in [1.165, 1.54) is 6.07 Å². The van der Waals surface area contributed by atoms with E-state index in [9.17, 15) is 9.18 Å². The highest BCUT2D eigenvalue weighted by atomic mass is 19.1. The molecule has 2 rings (SSSR count). The quantitative estimate of drug-likeness (QED) is 0.898. The molecule has 5 heteroatoms. The van der Waals surface area contributed by atoms with E-state index in [4.69, 9.17) is 0 Å². The molecule has 4 nitrogen and oxygen atoms in total. The standard InChI is InChI=1S/C17H26FN3O/c1-12(2)10-19-17(22)20-14-5-4-8-21(11-14)16-9-13(3)6-7-15(16)18/h6-7,9,12,14H,4-5,8,10-11H2,1-3H3,(H2,19,20,22). The number of carbonyl (C=O) groups is 1. The van der Waals surface area contributed by atoms with Crippen LogP contribution in [0.2, 0.25) is 0 Å². The summed E-state index contributed by atoms with van der Waals surface area (Å²) in [6.07, 6.45) is 1.88. The van der Waals surface area contributed by atoms with E-state index in [0.717, 1.165) is 24.9 Å². The summed E-state index contributed by atoms with van der Waals surface area (Å²) in [5.74, 6) is 0.227. The van der Waals surface area contributed by atoms with Crippen LogP contribution in [0.5, 0.6) is 0 Å². The highest BCUT2D eigenvalue weighted by molar-refractivity contribution is 5.74. The SMILES string of the molecule is Cc1ccc(F)c(N2CCCC(NC(=O)NCC(C)C)C2)c1. The molecule has 1 saturated heterocycles. The molecule has 1 atom stereocenters. The Morgan fingerprint density at radius 1 is 1.45 bits per heavy atom. The number of hydrogen-bond acceptors (Lipinski definition) is 2. The Morgan fingerprint density at radius 2 is 2.23 bits per heavy atom. The van der Waals surface area contributed by atoms with Gasteiger partial charge >= 0.3 is 6.03 Å². The minimum Gasteiger partial charge on any atom is -0.367 e. The van der Waals surface area contributed by atoms with Gasteiger partial charge < -0.3 is 15.5 Å². The Kier molecular flexibility index (Phi) is 5.63. The van der Waals surface area contributed by atoms with Crippen molar-refractivity contribution < 1.29 is 9.18 Å². The molecular formula is C17H26FN3O.